The molecule has 19 heavy (non-hydrogen) atoms. The lowest BCUT2D eigenvalue weighted by Crippen LogP contribution is -2.46. The molecule has 1 aromatic rings. The largest absolute Gasteiger partial charge is 0.391 e. The molecule has 0 aromatic heterocycles. The van der Waals surface area contributed by atoms with E-state index in [1.54, 1.807) is 18.2 Å². The Kier molecular flexibility index (Phi) is 4.91. The fraction of sp³-hybridized carbons (Fsp3) is 0.462. The van der Waals surface area contributed by atoms with Gasteiger partial charge in [0.05, 0.1) is 22.2 Å². The lowest BCUT2D eigenvalue weighted by Gasteiger charge is -2.28. The minimum absolute atomic E-state index is 0.184. The van der Waals surface area contributed by atoms with Crippen LogP contribution < -0.4 is 10.6 Å². The van der Waals surface area contributed by atoms with Crippen LogP contribution in [0.1, 0.15) is 25.7 Å². The van der Waals surface area contributed by atoms with E-state index in [0.717, 1.165) is 25.7 Å². The highest BCUT2D eigenvalue weighted by molar-refractivity contribution is 6.42. The van der Waals surface area contributed by atoms with Crippen LogP contribution in [0.4, 0.5) is 10.5 Å². The maximum absolute atomic E-state index is 11.8. The SMILES string of the molecule is O=C(Nc1ccc(Cl)c(Cl)c1)N[C@H]1CCCC[C@H]1O. The van der Waals surface area contributed by atoms with Crippen molar-refractivity contribution in [3.05, 3.63) is 28.2 Å². The van der Waals surface area contributed by atoms with Gasteiger partial charge in [-0.1, -0.05) is 36.0 Å². The molecule has 1 saturated carbocycles. The normalized spacial score (nSPS) is 22.9. The quantitative estimate of drug-likeness (QED) is 0.784. The third-order valence-electron chi connectivity index (χ3n) is 3.22. The number of nitrogens with one attached hydrogen (secondary N) is 2. The lowest BCUT2D eigenvalue weighted by molar-refractivity contribution is 0.0955. The van der Waals surface area contributed by atoms with Crippen molar-refractivity contribution >= 4 is 34.9 Å². The van der Waals surface area contributed by atoms with Crippen LogP contribution >= 0.6 is 23.2 Å². The van der Waals surface area contributed by atoms with E-state index >= 15 is 0 Å². The number of halogens is 2. The fourth-order valence-electron chi connectivity index (χ4n) is 2.19. The number of hydrogen-bond donors (Lipinski definition) is 3. The maximum atomic E-state index is 11.8. The first kappa shape index (κ1) is 14.4. The number of benzene rings is 1. The Morgan fingerprint density at radius 2 is 1.95 bits per heavy atom. The molecular weight excluding hydrogens is 287 g/mol. The first-order valence-corrected chi connectivity index (χ1v) is 7.02. The summed E-state index contributed by atoms with van der Waals surface area (Å²) in [6.07, 6.45) is 3.10. The summed E-state index contributed by atoms with van der Waals surface area (Å²) < 4.78 is 0. The second-order valence-corrected chi connectivity index (χ2v) is 5.50. The van der Waals surface area contributed by atoms with E-state index in [0.29, 0.717) is 15.7 Å². The second-order valence-electron chi connectivity index (χ2n) is 4.69. The van der Waals surface area contributed by atoms with Gasteiger partial charge in [-0.25, -0.2) is 4.79 Å². The van der Waals surface area contributed by atoms with Crippen LogP contribution in [-0.4, -0.2) is 23.3 Å². The Morgan fingerprint density at radius 3 is 2.63 bits per heavy atom. The number of aliphatic hydroxyl groups excluding tert-OH is 1. The summed E-state index contributed by atoms with van der Waals surface area (Å²) in [5, 5.41) is 16.1. The molecule has 4 nitrogen and oxygen atoms in total. The van der Waals surface area contributed by atoms with Gasteiger partial charge in [0.2, 0.25) is 0 Å². The van der Waals surface area contributed by atoms with Crippen LogP contribution in [0.15, 0.2) is 18.2 Å². The van der Waals surface area contributed by atoms with Gasteiger partial charge < -0.3 is 15.7 Å². The van der Waals surface area contributed by atoms with Crippen molar-refractivity contribution < 1.29 is 9.90 Å². The van der Waals surface area contributed by atoms with E-state index in [9.17, 15) is 9.90 Å². The predicted molar refractivity (Wildman–Crippen MR) is 76.9 cm³/mol. The van der Waals surface area contributed by atoms with Gasteiger partial charge in [-0.3, -0.25) is 0 Å². The first-order valence-electron chi connectivity index (χ1n) is 6.27. The van der Waals surface area contributed by atoms with Gasteiger partial charge in [0, 0.05) is 5.69 Å². The number of anilines is 1. The smallest absolute Gasteiger partial charge is 0.319 e. The Labute approximate surface area is 122 Å². The van der Waals surface area contributed by atoms with Crippen LogP contribution in [0.25, 0.3) is 0 Å². The molecule has 0 radical (unpaired) electrons. The molecule has 6 heteroatoms. The molecule has 0 heterocycles. The van der Waals surface area contributed by atoms with Crippen molar-refractivity contribution in [1.29, 1.82) is 0 Å². The topological polar surface area (TPSA) is 61.4 Å². The van der Waals surface area contributed by atoms with E-state index in [1.807, 2.05) is 0 Å². The fourth-order valence-corrected chi connectivity index (χ4v) is 2.49. The van der Waals surface area contributed by atoms with E-state index in [4.69, 9.17) is 23.2 Å². The molecule has 0 bridgehead atoms. The van der Waals surface area contributed by atoms with Gasteiger partial charge >= 0.3 is 6.03 Å². The van der Waals surface area contributed by atoms with Crippen LogP contribution in [0.2, 0.25) is 10.0 Å². The molecule has 3 N–H and O–H groups in total. The highest BCUT2D eigenvalue weighted by atomic mass is 35.5. The molecule has 0 unspecified atom stereocenters. The van der Waals surface area contributed by atoms with Crippen molar-refractivity contribution in [2.45, 2.75) is 37.8 Å². The number of rotatable bonds is 2. The van der Waals surface area contributed by atoms with E-state index < -0.39 is 6.10 Å². The summed E-state index contributed by atoms with van der Waals surface area (Å²) >= 11 is 11.7. The standard InChI is InChI=1S/C13H16Cl2N2O2/c14-9-6-5-8(7-10(9)15)16-13(19)17-11-3-1-2-4-12(11)18/h5-7,11-12,18H,1-4H2,(H2,16,17,19)/t11-,12+/m0/s1. The zero-order chi connectivity index (χ0) is 13.8. The number of carbonyl (C=O) groups is 1. The summed E-state index contributed by atoms with van der Waals surface area (Å²) in [6.45, 7) is 0. The number of aliphatic hydroxyl groups is 1. The maximum Gasteiger partial charge on any atom is 0.319 e. The molecule has 0 saturated heterocycles. The molecule has 1 aliphatic carbocycles. The summed E-state index contributed by atoms with van der Waals surface area (Å²) in [7, 11) is 0. The van der Waals surface area contributed by atoms with Crippen molar-refractivity contribution in [1.82, 2.24) is 5.32 Å². The highest BCUT2D eigenvalue weighted by Crippen LogP contribution is 2.25. The molecule has 0 aliphatic heterocycles. The van der Waals surface area contributed by atoms with Crippen molar-refractivity contribution in [2.24, 2.45) is 0 Å². The minimum atomic E-state index is -0.465. The number of amides is 2. The Balaban J connectivity index is 1.91. The number of carbonyl (C=O) groups excluding carboxylic acids is 1. The minimum Gasteiger partial charge on any atom is -0.391 e. The summed E-state index contributed by atoms with van der Waals surface area (Å²) in [6, 6.07) is 4.35. The molecule has 2 amide bonds. The third-order valence-corrected chi connectivity index (χ3v) is 3.96. The Hall–Kier alpha value is -0.970. The Bertz CT molecular complexity index is 468. The van der Waals surface area contributed by atoms with E-state index in [-0.39, 0.29) is 12.1 Å². The Morgan fingerprint density at radius 1 is 1.21 bits per heavy atom. The van der Waals surface area contributed by atoms with Gasteiger partial charge in [-0.05, 0) is 31.0 Å². The summed E-state index contributed by atoms with van der Waals surface area (Å²) in [5.74, 6) is 0. The molecule has 2 atom stereocenters. The third kappa shape index (κ3) is 4.00. The van der Waals surface area contributed by atoms with Crippen molar-refractivity contribution in [3.8, 4) is 0 Å². The van der Waals surface area contributed by atoms with Crippen LogP contribution in [0, 0.1) is 0 Å². The zero-order valence-electron chi connectivity index (χ0n) is 10.3. The molecule has 0 spiro atoms. The van der Waals surface area contributed by atoms with Gasteiger partial charge in [-0.15, -0.1) is 0 Å². The van der Waals surface area contributed by atoms with Crippen molar-refractivity contribution in [3.63, 3.8) is 0 Å². The zero-order valence-corrected chi connectivity index (χ0v) is 11.8. The van der Waals surface area contributed by atoms with Crippen LogP contribution in [0.5, 0.6) is 0 Å². The van der Waals surface area contributed by atoms with Gasteiger partial charge in [0.25, 0.3) is 0 Å². The summed E-state index contributed by atoms with van der Waals surface area (Å²) in [4.78, 5) is 11.8. The molecule has 2 rings (SSSR count). The highest BCUT2D eigenvalue weighted by Gasteiger charge is 2.24. The average Bonchev–Trinajstić information content (AvgIpc) is 2.37. The number of urea groups is 1. The first-order chi connectivity index (χ1) is 9.06. The number of hydrogen-bond acceptors (Lipinski definition) is 2. The van der Waals surface area contributed by atoms with Crippen molar-refractivity contribution in [2.75, 3.05) is 5.32 Å². The molecule has 1 aliphatic rings. The second kappa shape index (κ2) is 6.46. The monoisotopic (exact) mass is 302 g/mol. The van der Waals surface area contributed by atoms with E-state index in [2.05, 4.69) is 10.6 Å². The molecule has 1 aromatic carbocycles. The van der Waals surface area contributed by atoms with Gasteiger partial charge in [0.15, 0.2) is 0 Å². The molecule has 104 valence electrons. The van der Waals surface area contributed by atoms with Gasteiger partial charge in [-0.2, -0.15) is 0 Å². The lowest BCUT2D eigenvalue weighted by atomic mass is 9.93. The molecule has 1 fully saturated rings. The predicted octanol–water partition coefficient (Wildman–Crippen LogP) is 3.42. The van der Waals surface area contributed by atoms with E-state index in [1.165, 1.54) is 0 Å². The van der Waals surface area contributed by atoms with Crippen LogP contribution in [-0.2, 0) is 0 Å². The van der Waals surface area contributed by atoms with Crippen LogP contribution in [0.3, 0.4) is 0 Å². The van der Waals surface area contributed by atoms with Gasteiger partial charge in [0.1, 0.15) is 0 Å². The summed E-state index contributed by atoms with van der Waals surface area (Å²) in [5.41, 5.74) is 0.567. The average molecular weight is 303 g/mol. The molecular formula is C13H16Cl2N2O2.